The minimum Gasteiger partial charge on any atom is -0.368 e. The highest BCUT2D eigenvalue weighted by atomic mass is 19.1. The number of hydrogen-bond acceptors (Lipinski definition) is 4. The maximum absolute atomic E-state index is 13.8. The standard InChI is InChI=1S/C16H16FN3O2/c17-15-3-1-2-4-16(15)19-11-9-18(10-12-19)13-5-7-14(8-6-13)20(21)22/h1-8H,9-12H2. The third-order valence-corrected chi connectivity index (χ3v) is 3.90. The normalized spacial score (nSPS) is 15.0. The Balaban J connectivity index is 1.66. The predicted octanol–water partition coefficient (Wildman–Crippen LogP) is 3.06. The van der Waals surface area contributed by atoms with Crippen molar-refractivity contribution in [2.75, 3.05) is 36.0 Å². The maximum Gasteiger partial charge on any atom is 0.269 e. The predicted molar refractivity (Wildman–Crippen MR) is 83.9 cm³/mol. The Morgan fingerprint density at radius 3 is 2.09 bits per heavy atom. The van der Waals surface area contributed by atoms with E-state index in [1.54, 1.807) is 24.3 Å². The van der Waals surface area contributed by atoms with Gasteiger partial charge in [0, 0.05) is 44.0 Å². The average Bonchev–Trinajstić information content (AvgIpc) is 2.56. The van der Waals surface area contributed by atoms with E-state index >= 15 is 0 Å². The lowest BCUT2D eigenvalue weighted by Gasteiger charge is -2.37. The third-order valence-electron chi connectivity index (χ3n) is 3.90. The number of piperazine rings is 1. The summed E-state index contributed by atoms with van der Waals surface area (Å²) in [5.74, 6) is -0.203. The summed E-state index contributed by atoms with van der Waals surface area (Å²) in [6.07, 6.45) is 0. The van der Waals surface area contributed by atoms with E-state index in [1.165, 1.54) is 18.2 Å². The molecule has 0 saturated carbocycles. The van der Waals surface area contributed by atoms with Gasteiger partial charge in [0.1, 0.15) is 5.82 Å². The molecule has 1 aliphatic heterocycles. The Kier molecular flexibility index (Phi) is 3.91. The average molecular weight is 301 g/mol. The Morgan fingerprint density at radius 1 is 0.909 bits per heavy atom. The van der Waals surface area contributed by atoms with Crippen molar-refractivity contribution < 1.29 is 9.31 Å². The fraction of sp³-hybridized carbons (Fsp3) is 0.250. The molecule has 0 aromatic heterocycles. The summed E-state index contributed by atoms with van der Waals surface area (Å²) in [5.41, 5.74) is 1.68. The van der Waals surface area contributed by atoms with Crippen molar-refractivity contribution in [3.8, 4) is 0 Å². The van der Waals surface area contributed by atoms with Crippen LogP contribution in [0.15, 0.2) is 48.5 Å². The molecular weight excluding hydrogens is 285 g/mol. The number of nitrogens with zero attached hydrogens (tertiary/aromatic N) is 3. The number of non-ortho nitro benzene ring substituents is 1. The first-order valence-electron chi connectivity index (χ1n) is 7.14. The van der Waals surface area contributed by atoms with Crippen LogP contribution in [0.1, 0.15) is 0 Å². The summed E-state index contributed by atoms with van der Waals surface area (Å²) in [7, 11) is 0. The number of anilines is 2. The van der Waals surface area contributed by atoms with Gasteiger partial charge in [-0.2, -0.15) is 0 Å². The Bertz CT molecular complexity index is 667. The summed E-state index contributed by atoms with van der Waals surface area (Å²) in [6.45, 7) is 2.95. The number of halogens is 1. The highest BCUT2D eigenvalue weighted by Crippen LogP contribution is 2.24. The number of rotatable bonds is 3. The second-order valence-electron chi connectivity index (χ2n) is 5.20. The SMILES string of the molecule is O=[N+]([O-])c1ccc(N2CCN(c3ccccc3F)CC2)cc1. The second-order valence-corrected chi connectivity index (χ2v) is 5.20. The van der Waals surface area contributed by atoms with E-state index in [1.807, 2.05) is 11.0 Å². The molecule has 22 heavy (non-hydrogen) atoms. The van der Waals surface area contributed by atoms with Gasteiger partial charge in [-0.25, -0.2) is 4.39 Å². The van der Waals surface area contributed by atoms with E-state index in [0.717, 1.165) is 31.9 Å². The maximum atomic E-state index is 13.8. The van der Waals surface area contributed by atoms with Crippen LogP contribution in [0.3, 0.4) is 0 Å². The number of hydrogen-bond donors (Lipinski definition) is 0. The zero-order chi connectivity index (χ0) is 15.5. The Labute approximate surface area is 127 Å². The lowest BCUT2D eigenvalue weighted by molar-refractivity contribution is -0.384. The van der Waals surface area contributed by atoms with Crippen LogP contribution in [0, 0.1) is 15.9 Å². The van der Waals surface area contributed by atoms with Crippen LogP contribution in [0.2, 0.25) is 0 Å². The lowest BCUT2D eigenvalue weighted by Crippen LogP contribution is -2.46. The van der Waals surface area contributed by atoms with Crippen LogP contribution in [0.4, 0.5) is 21.5 Å². The molecule has 2 aromatic rings. The van der Waals surface area contributed by atoms with Gasteiger partial charge in [-0.3, -0.25) is 10.1 Å². The minimum atomic E-state index is -0.403. The summed E-state index contributed by atoms with van der Waals surface area (Å²) in [4.78, 5) is 14.4. The topological polar surface area (TPSA) is 49.6 Å². The molecule has 5 nitrogen and oxygen atoms in total. The van der Waals surface area contributed by atoms with Crippen molar-refractivity contribution in [1.82, 2.24) is 0 Å². The van der Waals surface area contributed by atoms with Crippen LogP contribution >= 0.6 is 0 Å². The van der Waals surface area contributed by atoms with Gasteiger partial charge in [0.15, 0.2) is 0 Å². The molecule has 6 heteroatoms. The van der Waals surface area contributed by atoms with Crippen LogP contribution in [0.5, 0.6) is 0 Å². The largest absolute Gasteiger partial charge is 0.368 e. The van der Waals surface area contributed by atoms with Gasteiger partial charge >= 0.3 is 0 Å². The number of benzene rings is 2. The van der Waals surface area contributed by atoms with Gasteiger partial charge in [0.2, 0.25) is 0 Å². The van der Waals surface area contributed by atoms with Crippen LogP contribution in [0.25, 0.3) is 0 Å². The molecule has 1 aliphatic rings. The van der Waals surface area contributed by atoms with E-state index in [2.05, 4.69) is 4.90 Å². The summed E-state index contributed by atoms with van der Waals surface area (Å²) in [6, 6.07) is 13.3. The molecule has 0 atom stereocenters. The lowest BCUT2D eigenvalue weighted by atomic mass is 10.2. The van der Waals surface area contributed by atoms with E-state index < -0.39 is 4.92 Å². The first-order valence-corrected chi connectivity index (χ1v) is 7.14. The molecular formula is C16H16FN3O2. The Morgan fingerprint density at radius 2 is 1.50 bits per heavy atom. The number of nitro groups is 1. The van der Waals surface area contributed by atoms with E-state index in [0.29, 0.717) is 5.69 Å². The molecule has 114 valence electrons. The molecule has 0 unspecified atom stereocenters. The first-order chi connectivity index (χ1) is 10.6. The second kappa shape index (κ2) is 6.01. The Hall–Kier alpha value is -2.63. The van der Waals surface area contributed by atoms with Crippen LogP contribution in [-0.2, 0) is 0 Å². The van der Waals surface area contributed by atoms with Gasteiger partial charge in [-0.05, 0) is 24.3 Å². The molecule has 3 rings (SSSR count). The fourth-order valence-corrected chi connectivity index (χ4v) is 2.70. The zero-order valence-corrected chi connectivity index (χ0v) is 12.0. The molecule has 2 aromatic carbocycles. The molecule has 1 saturated heterocycles. The summed E-state index contributed by atoms with van der Waals surface area (Å²) < 4.78 is 13.8. The van der Waals surface area contributed by atoms with Gasteiger partial charge in [0.25, 0.3) is 5.69 Å². The minimum absolute atomic E-state index is 0.0914. The van der Waals surface area contributed by atoms with Crippen molar-refractivity contribution in [2.24, 2.45) is 0 Å². The molecule has 0 aliphatic carbocycles. The van der Waals surface area contributed by atoms with Gasteiger partial charge in [-0.1, -0.05) is 12.1 Å². The molecule has 0 spiro atoms. The van der Waals surface area contributed by atoms with Crippen LogP contribution in [-0.4, -0.2) is 31.1 Å². The zero-order valence-electron chi connectivity index (χ0n) is 12.0. The van der Waals surface area contributed by atoms with Crippen molar-refractivity contribution in [3.05, 3.63) is 64.5 Å². The quantitative estimate of drug-likeness (QED) is 0.646. The van der Waals surface area contributed by atoms with Crippen LogP contribution < -0.4 is 9.80 Å². The number of nitro benzene ring substituents is 1. The monoisotopic (exact) mass is 301 g/mol. The summed E-state index contributed by atoms with van der Waals surface area (Å²) >= 11 is 0. The van der Waals surface area contributed by atoms with Gasteiger partial charge in [-0.15, -0.1) is 0 Å². The molecule has 0 amide bonds. The van der Waals surface area contributed by atoms with E-state index in [4.69, 9.17) is 0 Å². The highest BCUT2D eigenvalue weighted by Gasteiger charge is 2.19. The fourth-order valence-electron chi connectivity index (χ4n) is 2.70. The molecule has 0 radical (unpaired) electrons. The van der Waals surface area contributed by atoms with E-state index in [-0.39, 0.29) is 11.5 Å². The van der Waals surface area contributed by atoms with Crippen molar-refractivity contribution >= 4 is 17.1 Å². The van der Waals surface area contributed by atoms with Crippen molar-refractivity contribution in [3.63, 3.8) is 0 Å². The molecule has 0 bridgehead atoms. The number of para-hydroxylation sites is 1. The molecule has 1 heterocycles. The first kappa shape index (κ1) is 14.3. The van der Waals surface area contributed by atoms with E-state index in [9.17, 15) is 14.5 Å². The van der Waals surface area contributed by atoms with Gasteiger partial charge < -0.3 is 9.80 Å². The summed E-state index contributed by atoms with van der Waals surface area (Å²) in [5, 5.41) is 10.7. The molecule has 0 N–H and O–H groups in total. The molecule has 1 fully saturated rings. The smallest absolute Gasteiger partial charge is 0.269 e. The van der Waals surface area contributed by atoms with Crippen molar-refractivity contribution in [1.29, 1.82) is 0 Å². The van der Waals surface area contributed by atoms with Gasteiger partial charge in [0.05, 0.1) is 10.6 Å². The van der Waals surface area contributed by atoms with Crippen molar-refractivity contribution in [2.45, 2.75) is 0 Å². The highest BCUT2D eigenvalue weighted by molar-refractivity contribution is 5.54. The third kappa shape index (κ3) is 2.86.